The van der Waals surface area contributed by atoms with Gasteiger partial charge in [0.15, 0.2) is 27.8 Å². The Bertz CT molecular complexity index is 1390. The first kappa shape index (κ1) is 27.0. The number of aliphatic hydroxyl groups excluding tert-OH is 1. The van der Waals surface area contributed by atoms with Gasteiger partial charge in [0.1, 0.15) is 24.8 Å². The van der Waals surface area contributed by atoms with Gasteiger partial charge >= 0.3 is 0 Å². The Kier molecular flexibility index (Phi) is 7.74. The lowest BCUT2D eigenvalue weighted by Gasteiger charge is -2.36. The molecule has 2 aliphatic rings. The summed E-state index contributed by atoms with van der Waals surface area (Å²) in [5.74, 6) is 1.71. The smallest absolute Gasteiger partial charge is 0.251 e. The molecule has 0 aliphatic carbocycles. The summed E-state index contributed by atoms with van der Waals surface area (Å²) in [6.07, 6.45) is 3.42. The number of halogens is 1. The molecule has 0 spiro atoms. The maximum Gasteiger partial charge on any atom is 0.251 e. The van der Waals surface area contributed by atoms with Gasteiger partial charge in [-0.2, -0.15) is 0 Å². The van der Waals surface area contributed by atoms with Gasteiger partial charge in [0.25, 0.3) is 5.91 Å². The number of nitrogens with zero attached hydrogens (tertiary/aromatic N) is 4. The van der Waals surface area contributed by atoms with Crippen LogP contribution in [-0.2, 0) is 11.3 Å². The molecule has 12 heteroatoms. The number of carbonyl (C=O) groups excluding carboxylic acids is 1. The van der Waals surface area contributed by atoms with Crippen LogP contribution in [0.1, 0.15) is 40.0 Å². The van der Waals surface area contributed by atoms with Crippen molar-refractivity contribution in [3.05, 3.63) is 28.4 Å². The first-order chi connectivity index (χ1) is 18.1. The predicted molar refractivity (Wildman–Crippen MR) is 146 cm³/mol. The van der Waals surface area contributed by atoms with Gasteiger partial charge in [-0.15, -0.1) is 0 Å². The largest absolute Gasteiger partial charge is 0.486 e. The number of likely N-dealkylation sites (tertiary alicyclic amines) is 1. The summed E-state index contributed by atoms with van der Waals surface area (Å²) in [6.45, 7) is 8.73. The summed E-state index contributed by atoms with van der Waals surface area (Å²) in [5.41, 5.74) is 0.981. The Morgan fingerprint density at radius 3 is 2.63 bits per heavy atom. The fourth-order valence-corrected chi connectivity index (χ4v) is 6.09. The van der Waals surface area contributed by atoms with E-state index in [2.05, 4.69) is 25.9 Å². The molecule has 204 valence electrons. The zero-order chi connectivity index (χ0) is 27.0. The standard InChI is InChI=1S/C26H33BrN6O4S/c1-26(2,3)21(34)24(35)32-7-4-15(5-8-32)6-9-33-14-29-22(28)20-23(33)31-25(30-20)38-19-13-18-17(12-16(19)27)36-10-11-37-18/h12-15,21,28,34H,4-11H2,1-3H3,(H,30,31). The Labute approximate surface area is 233 Å². The molecule has 10 nitrogen and oxygen atoms in total. The van der Waals surface area contributed by atoms with Crippen molar-refractivity contribution in [2.45, 2.75) is 62.7 Å². The molecule has 4 heterocycles. The van der Waals surface area contributed by atoms with Crippen molar-refractivity contribution in [2.75, 3.05) is 26.3 Å². The summed E-state index contributed by atoms with van der Waals surface area (Å²) < 4.78 is 14.2. The van der Waals surface area contributed by atoms with Crippen molar-refractivity contribution in [2.24, 2.45) is 11.3 Å². The van der Waals surface area contributed by atoms with Crippen LogP contribution in [-0.4, -0.2) is 67.8 Å². The normalized spacial score (nSPS) is 17.1. The molecule has 1 atom stereocenters. The van der Waals surface area contributed by atoms with E-state index in [0.717, 1.165) is 35.2 Å². The summed E-state index contributed by atoms with van der Waals surface area (Å²) in [4.78, 5) is 27.7. The minimum atomic E-state index is -0.980. The van der Waals surface area contributed by atoms with Crippen LogP contribution in [0.2, 0.25) is 0 Å². The Balaban J connectivity index is 1.25. The van der Waals surface area contributed by atoms with Crippen LogP contribution in [0, 0.1) is 16.7 Å². The van der Waals surface area contributed by atoms with Crippen LogP contribution >= 0.6 is 27.7 Å². The van der Waals surface area contributed by atoms with Crippen molar-refractivity contribution < 1.29 is 19.4 Å². The van der Waals surface area contributed by atoms with Gasteiger partial charge in [-0.3, -0.25) is 10.2 Å². The topological polar surface area (TPSA) is 129 Å². The van der Waals surface area contributed by atoms with E-state index in [-0.39, 0.29) is 11.4 Å². The lowest BCUT2D eigenvalue weighted by molar-refractivity contribution is -0.147. The number of rotatable bonds is 6. The highest BCUT2D eigenvalue weighted by molar-refractivity contribution is 9.10. The minimum Gasteiger partial charge on any atom is -0.486 e. The SMILES string of the molecule is CC(C)(C)C(O)C(=O)N1CCC(CCn2cnc(=N)c3[nH]c(Sc4cc5c(cc4Br)OCCO5)nc32)CC1. The molecule has 1 amide bonds. The molecular weight excluding hydrogens is 572 g/mol. The Hall–Kier alpha value is -2.57. The molecule has 0 bridgehead atoms. The van der Waals surface area contributed by atoms with E-state index in [0.29, 0.717) is 60.0 Å². The molecular formula is C26H33BrN6O4S. The number of piperidine rings is 1. The number of hydrogen-bond donors (Lipinski definition) is 3. The molecule has 1 saturated heterocycles. The van der Waals surface area contributed by atoms with Crippen LogP contribution in [0.5, 0.6) is 11.5 Å². The molecule has 5 rings (SSSR count). The number of amides is 1. The maximum absolute atomic E-state index is 12.7. The van der Waals surface area contributed by atoms with E-state index >= 15 is 0 Å². The molecule has 38 heavy (non-hydrogen) atoms. The van der Waals surface area contributed by atoms with Gasteiger partial charge in [-0.05, 0) is 58.7 Å². The second kappa shape index (κ2) is 10.9. The average Bonchev–Trinajstić information content (AvgIpc) is 3.32. The quantitative estimate of drug-likeness (QED) is 0.388. The second-order valence-corrected chi connectivity index (χ2v) is 12.8. The Morgan fingerprint density at radius 1 is 1.26 bits per heavy atom. The van der Waals surface area contributed by atoms with Crippen molar-refractivity contribution in [1.29, 1.82) is 5.41 Å². The molecule has 0 saturated carbocycles. The van der Waals surface area contributed by atoms with E-state index < -0.39 is 11.5 Å². The number of benzene rings is 1. The third-order valence-electron chi connectivity index (χ3n) is 7.06. The molecule has 2 aliphatic heterocycles. The molecule has 3 N–H and O–H groups in total. The lowest BCUT2D eigenvalue weighted by atomic mass is 9.87. The molecule has 0 radical (unpaired) electrons. The van der Waals surface area contributed by atoms with Gasteiger partial charge in [0.2, 0.25) is 0 Å². The number of nitrogens with one attached hydrogen (secondary N) is 2. The molecule has 3 aromatic rings. The van der Waals surface area contributed by atoms with Crippen LogP contribution < -0.4 is 15.0 Å². The van der Waals surface area contributed by atoms with E-state index in [1.807, 2.05) is 37.5 Å². The van der Waals surface area contributed by atoms with Crippen molar-refractivity contribution >= 4 is 44.8 Å². The summed E-state index contributed by atoms with van der Waals surface area (Å²) >= 11 is 5.07. The van der Waals surface area contributed by atoms with E-state index in [4.69, 9.17) is 19.9 Å². The highest BCUT2D eigenvalue weighted by Gasteiger charge is 2.34. The fourth-order valence-electron chi connectivity index (χ4n) is 4.71. The third-order valence-corrected chi connectivity index (χ3v) is 8.92. The summed E-state index contributed by atoms with van der Waals surface area (Å²) in [5, 5.41) is 19.3. The van der Waals surface area contributed by atoms with Crippen LogP contribution in [0.4, 0.5) is 0 Å². The minimum absolute atomic E-state index is 0.154. The number of ether oxygens (including phenoxy) is 2. The van der Waals surface area contributed by atoms with Gasteiger partial charge < -0.3 is 29.0 Å². The highest BCUT2D eigenvalue weighted by atomic mass is 79.9. The highest BCUT2D eigenvalue weighted by Crippen LogP contribution is 2.41. The zero-order valence-electron chi connectivity index (χ0n) is 21.8. The van der Waals surface area contributed by atoms with Gasteiger partial charge in [0.05, 0.1) is 6.33 Å². The van der Waals surface area contributed by atoms with E-state index in [9.17, 15) is 9.90 Å². The van der Waals surface area contributed by atoms with Crippen LogP contribution in [0.25, 0.3) is 11.2 Å². The zero-order valence-corrected chi connectivity index (χ0v) is 24.2. The van der Waals surface area contributed by atoms with Gasteiger partial charge in [0, 0.05) is 29.0 Å². The Morgan fingerprint density at radius 2 is 1.95 bits per heavy atom. The number of H-pyrrole nitrogens is 1. The molecule has 1 fully saturated rings. The fraction of sp³-hybridized carbons (Fsp3) is 0.538. The molecule has 1 unspecified atom stereocenters. The van der Waals surface area contributed by atoms with Crippen molar-refractivity contribution in [3.8, 4) is 11.5 Å². The van der Waals surface area contributed by atoms with Crippen molar-refractivity contribution in [3.63, 3.8) is 0 Å². The van der Waals surface area contributed by atoms with Crippen LogP contribution in [0.15, 0.2) is 33.0 Å². The molecule has 1 aromatic carbocycles. The number of aromatic amines is 1. The number of aryl methyl sites for hydroxylation is 1. The maximum atomic E-state index is 12.7. The van der Waals surface area contributed by atoms with Gasteiger partial charge in [-0.1, -0.05) is 32.5 Å². The molecule has 2 aromatic heterocycles. The van der Waals surface area contributed by atoms with Crippen LogP contribution in [0.3, 0.4) is 0 Å². The third kappa shape index (κ3) is 5.72. The monoisotopic (exact) mass is 604 g/mol. The average molecular weight is 606 g/mol. The summed E-state index contributed by atoms with van der Waals surface area (Å²) in [6, 6.07) is 3.84. The van der Waals surface area contributed by atoms with E-state index in [1.165, 1.54) is 11.8 Å². The number of imidazole rings is 1. The number of fused-ring (bicyclic) bond motifs is 2. The number of carbonyl (C=O) groups is 1. The summed E-state index contributed by atoms with van der Waals surface area (Å²) in [7, 11) is 0. The second-order valence-electron chi connectivity index (χ2n) is 10.9. The number of aliphatic hydroxyl groups is 1. The van der Waals surface area contributed by atoms with Gasteiger partial charge in [-0.25, -0.2) is 9.97 Å². The van der Waals surface area contributed by atoms with Crippen molar-refractivity contribution in [1.82, 2.24) is 24.4 Å². The lowest BCUT2D eigenvalue weighted by Crippen LogP contribution is -2.48. The number of aromatic nitrogens is 4. The predicted octanol–water partition coefficient (Wildman–Crippen LogP) is 3.96. The van der Waals surface area contributed by atoms with E-state index in [1.54, 1.807) is 11.2 Å². The number of hydrogen-bond acceptors (Lipinski definition) is 8. The first-order valence-corrected chi connectivity index (χ1v) is 14.4. The first-order valence-electron chi connectivity index (χ1n) is 12.8.